The maximum Gasteiger partial charge on any atom is 0.249 e. The van der Waals surface area contributed by atoms with E-state index in [1.54, 1.807) is 11.0 Å². The van der Waals surface area contributed by atoms with Crippen LogP contribution in [0.15, 0.2) is 12.1 Å². The lowest BCUT2D eigenvalue weighted by molar-refractivity contribution is -0.156. The molecule has 1 unspecified atom stereocenters. The lowest BCUT2D eigenvalue weighted by Crippen LogP contribution is -2.64. The number of hydrogen-bond acceptors (Lipinski definition) is 4. The molecule has 2 saturated heterocycles. The number of halogens is 2. The van der Waals surface area contributed by atoms with E-state index < -0.39 is 12.5 Å². The number of carbonyl (C=O) groups excluding carboxylic acids is 2. The molecule has 25 heavy (non-hydrogen) atoms. The summed E-state index contributed by atoms with van der Waals surface area (Å²) in [6, 6.07) is 2.66. The van der Waals surface area contributed by atoms with Gasteiger partial charge in [-0.2, -0.15) is 0 Å². The molecule has 2 aliphatic heterocycles. The summed E-state index contributed by atoms with van der Waals surface area (Å²) in [5.74, 6) is -0.547. The lowest BCUT2D eigenvalue weighted by Gasteiger charge is -2.50. The summed E-state index contributed by atoms with van der Waals surface area (Å²) < 4.78 is 0. The summed E-state index contributed by atoms with van der Waals surface area (Å²) in [5, 5.41) is 20.1. The Hall–Kier alpha value is -1.50. The molecule has 0 bridgehead atoms. The predicted molar refractivity (Wildman–Crippen MR) is 93.9 cm³/mol. The van der Waals surface area contributed by atoms with Gasteiger partial charge in [0.15, 0.2) is 0 Å². The van der Waals surface area contributed by atoms with Gasteiger partial charge in [0.1, 0.15) is 18.9 Å². The van der Waals surface area contributed by atoms with Crippen LogP contribution >= 0.6 is 23.2 Å². The number of phenolic OH excluding ortho intramolecular Hbond substituents is 1. The molecule has 3 atom stereocenters. The van der Waals surface area contributed by atoms with E-state index in [0.717, 1.165) is 0 Å². The third kappa shape index (κ3) is 3.18. The molecule has 1 aromatic rings. The van der Waals surface area contributed by atoms with E-state index >= 15 is 0 Å². The van der Waals surface area contributed by atoms with E-state index in [-0.39, 0.29) is 36.2 Å². The van der Waals surface area contributed by atoms with Gasteiger partial charge in [-0.25, -0.2) is 0 Å². The van der Waals surface area contributed by atoms with Crippen LogP contribution in [-0.4, -0.2) is 63.6 Å². The van der Waals surface area contributed by atoms with Gasteiger partial charge in [0.05, 0.1) is 16.1 Å². The van der Waals surface area contributed by atoms with Crippen LogP contribution in [0.2, 0.25) is 10.0 Å². The van der Waals surface area contributed by atoms with Gasteiger partial charge in [-0.3, -0.25) is 9.59 Å². The average molecular weight is 387 g/mol. The molecule has 1 aromatic carbocycles. The number of carbonyl (C=O) groups is 2. The molecule has 2 amide bonds. The van der Waals surface area contributed by atoms with Crippen LogP contribution in [0.25, 0.3) is 0 Å². The molecular weight excluding hydrogens is 367 g/mol. The van der Waals surface area contributed by atoms with Crippen LogP contribution < -0.4 is 0 Å². The summed E-state index contributed by atoms with van der Waals surface area (Å²) in [6.07, 6.45) is 1.23. The maximum absolute atomic E-state index is 12.4. The minimum absolute atomic E-state index is 0.00903. The van der Waals surface area contributed by atoms with Crippen molar-refractivity contribution in [3.63, 3.8) is 0 Å². The van der Waals surface area contributed by atoms with Gasteiger partial charge < -0.3 is 20.0 Å². The number of nitrogens with zero attached hydrogens (tertiary/aromatic N) is 2. The number of fused-ring (bicyclic) bond motifs is 1. The van der Waals surface area contributed by atoms with Gasteiger partial charge in [0, 0.05) is 18.2 Å². The molecule has 136 valence electrons. The van der Waals surface area contributed by atoms with Crippen LogP contribution in [0.3, 0.4) is 0 Å². The highest BCUT2D eigenvalue weighted by Gasteiger charge is 2.44. The topological polar surface area (TPSA) is 81.1 Å². The van der Waals surface area contributed by atoms with Crippen LogP contribution in [0.5, 0.6) is 5.75 Å². The summed E-state index contributed by atoms with van der Waals surface area (Å²) >= 11 is 12.4. The Bertz CT molecular complexity index is 712. The second kappa shape index (κ2) is 7.02. The van der Waals surface area contributed by atoms with Crippen molar-refractivity contribution in [3.05, 3.63) is 27.7 Å². The monoisotopic (exact) mass is 386 g/mol. The van der Waals surface area contributed by atoms with E-state index in [0.29, 0.717) is 35.0 Å². The molecule has 0 radical (unpaired) electrons. The molecule has 2 fully saturated rings. The van der Waals surface area contributed by atoms with Crippen molar-refractivity contribution in [2.24, 2.45) is 0 Å². The van der Waals surface area contributed by atoms with E-state index in [1.165, 1.54) is 11.0 Å². The van der Waals surface area contributed by atoms with E-state index in [2.05, 4.69) is 0 Å². The van der Waals surface area contributed by atoms with E-state index in [9.17, 15) is 14.7 Å². The van der Waals surface area contributed by atoms with E-state index in [1.807, 2.05) is 6.92 Å². The van der Waals surface area contributed by atoms with Crippen LogP contribution in [-0.2, 0) is 9.59 Å². The highest BCUT2D eigenvalue weighted by atomic mass is 35.5. The Labute approximate surface area is 155 Å². The largest absolute Gasteiger partial charge is 0.508 e. The Kier molecular flexibility index (Phi) is 5.14. The number of aliphatic hydroxyl groups is 1. The minimum atomic E-state index is -0.616. The Balaban J connectivity index is 1.89. The highest BCUT2D eigenvalue weighted by molar-refractivity contribution is 6.42. The molecule has 3 rings (SSSR count). The van der Waals surface area contributed by atoms with Gasteiger partial charge in [-0.1, -0.05) is 23.2 Å². The minimum Gasteiger partial charge on any atom is -0.508 e. The maximum atomic E-state index is 12.4. The van der Waals surface area contributed by atoms with Gasteiger partial charge in [0.2, 0.25) is 11.8 Å². The molecule has 0 aromatic heterocycles. The Morgan fingerprint density at radius 2 is 2.08 bits per heavy atom. The standard InChI is InChI=1S/C17H20Cl2N2O4/c1-9-12-6-10(16-13(23)3-2-11(18)17(16)19)4-5-20(12)14(24)7-21(9)15(25)8-22/h2-3,9-10,12,22-23H,4-8H2,1H3/t9?,10-,12+/m1/s1. The average Bonchev–Trinajstić information content (AvgIpc) is 2.61. The number of benzene rings is 1. The van der Waals surface area contributed by atoms with Gasteiger partial charge >= 0.3 is 0 Å². The molecular formula is C17H20Cl2N2O4. The number of piperidine rings is 1. The third-order valence-electron chi connectivity index (χ3n) is 5.29. The number of amides is 2. The quantitative estimate of drug-likeness (QED) is 0.814. The molecule has 0 aliphatic carbocycles. The zero-order valence-electron chi connectivity index (χ0n) is 13.8. The highest BCUT2D eigenvalue weighted by Crippen LogP contribution is 2.44. The summed E-state index contributed by atoms with van der Waals surface area (Å²) in [4.78, 5) is 27.5. The fourth-order valence-corrected chi connectivity index (χ4v) is 4.44. The molecule has 2 N–H and O–H groups in total. The number of rotatable bonds is 2. The smallest absolute Gasteiger partial charge is 0.249 e. The van der Waals surface area contributed by atoms with Crippen LogP contribution in [0.1, 0.15) is 31.2 Å². The molecule has 0 spiro atoms. The van der Waals surface area contributed by atoms with Crippen LogP contribution in [0, 0.1) is 0 Å². The SMILES string of the molecule is CC1[C@@H]2C[C@H](c3c(O)ccc(Cl)c3Cl)CCN2C(=O)CN1C(=O)CO. The Morgan fingerprint density at radius 1 is 1.36 bits per heavy atom. The van der Waals surface area contributed by atoms with Crippen molar-refractivity contribution in [2.45, 2.75) is 37.8 Å². The van der Waals surface area contributed by atoms with Crippen molar-refractivity contribution >= 4 is 35.0 Å². The van der Waals surface area contributed by atoms with Crippen LogP contribution in [0.4, 0.5) is 0 Å². The third-order valence-corrected chi connectivity index (χ3v) is 6.11. The molecule has 6 nitrogen and oxygen atoms in total. The molecule has 2 heterocycles. The summed E-state index contributed by atoms with van der Waals surface area (Å²) in [5.41, 5.74) is 0.596. The van der Waals surface area contributed by atoms with Crippen molar-refractivity contribution in [2.75, 3.05) is 19.7 Å². The molecule has 2 aliphatic rings. The first-order valence-electron chi connectivity index (χ1n) is 8.21. The van der Waals surface area contributed by atoms with Gasteiger partial charge in [-0.05, 0) is 37.8 Å². The fourth-order valence-electron chi connectivity index (χ4n) is 3.97. The first-order valence-corrected chi connectivity index (χ1v) is 8.97. The zero-order valence-corrected chi connectivity index (χ0v) is 15.3. The van der Waals surface area contributed by atoms with Crippen molar-refractivity contribution in [1.29, 1.82) is 0 Å². The second-order valence-corrected chi connectivity index (χ2v) is 7.38. The lowest BCUT2D eigenvalue weighted by atomic mass is 9.81. The summed E-state index contributed by atoms with van der Waals surface area (Å²) in [7, 11) is 0. The van der Waals surface area contributed by atoms with Crippen molar-refractivity contribution in [3.8, 4) is 5.75 Å². The number of piperazine rings is 1. The van der Waals surface area contributed by atoms with Gasteiger partial charge in [0.25, 0.3) is 0 Å². The van der Waals surface area contributed by atoms with E-state index in [4.69, 9.17) is 28.3 Å². The number of phenols is 1. The Morgan fingerprint density at radius 3 is 2.76 bits per heavy atom. The predicted octanol–water partition coefficient (Wildman–Crippen LogP) is 2.00. The van der Waals surface area contributed by atoms with Crippen molar-refractivity contribution in [1.82, 2.24) is 9.80 Å². The van der Waals surface area contributed by atoms with Gasteiger partial charge in [-0.15, -0.1) is 0 Å². The summed E-state index contributed by atoms with van der Waals surface area (Å²) in [6.45, 7) is 1.78. The molecule has 8 heteroatoms. The second-order valence-electron chi connectivity index (χ2n) is 6.59. The molecule has 0 saturated carbocycles. The number of aromatic hydroxyl groups is 1. The number of hydrogen-bond donors (Lipinski definition) is 2. The fraction of sp³-hybridized carbons (Fsp3) is 0.529. The number of aliphatic hydroxyl groups excluding tert-OH is 1. The van der Waals surface area contributed by atoms with Crippen molar-refractivity contribution < 1.29 is 19.8 Å². The first kappa shape index (κ1) is 18.3. The zero-order chi connectivity index (χ0) is 18.3. The first-order chi connectivity index (χ1) is 11.8. The normalized spacial score (nSPS) is 26.6.